The van der Waals surface area contributed by atoms with Crippen molar-refractivity contribution in [1.29, 1.82) is 0 Å². The van der Waals surface area contributed by atoms with Crippen molar-refractivity contribution in [3.05, 3.63) is 11.9 Å². The number of aromatic nitrogens is 2. The highest BCUT2D eigenvalue weighted by Crippen LogP contribution is 2.13. The van der Waals surface area contributed by atoms with E-state index in [1.165, 1.54) is 0 Å². The molecular weight excluding hydrogens is 244 g/mol. The lowest BCUT2D eigenvalue weighted by Gasteiger charge is -2.17. The van der Waals surface area contributed by atoms with Gasteiger partial charge in [0.1, 0.15) is 17.5 Å². The Morgan fingerprint density at radius 3 is 2.63 bits per heavy atom. The van der Waals surface area contributed by atoms with Crippen LogP contribution in [0.5, 0.6) is 0 Å². The lowest BCUT2D eigenvalue weighted by atomic mass is 10.3. The molecule has 1 rings (SSSR count). The fourth-order valence-corrected chi connectivity index (χ4v) is 1.62. The van der Waals surface area contributed by atoms with E-state index in [1.54, 1.807) is 7.11 Å². The third-order valence-corrected chi connectivity index (χ3v) is 2.59. The number of nitrogens with one attached hydrogen (secondary N) is 2. The summed E-state index contributed by atoms with van der Waals surface area (Å²) in [6.45, 7) is 5.42. The monoisotopic (exact) mass is 268 g/mol. The number of hydrogen-bond donors (Lipinski definition) is 3. The van der Waals surface area contributed by atoms with E-state index in [0.717, 1.165) is 31.0 Å². The Morgan fingerprint density at radius 1 is 1.32 bits per heavy atom. The maximum atomic E-state index is 9.25. The molecule has 0 fully saturated rings. The fourth-order valence-electron chi connectivity index (χ4n) is 1.62. The Balaban J connectivity index is 2.80. The molecule has 0 spiro atoms. The Labute approximate surface area is 114 Å². The van der Waals surface area contributed by atoms with Gasteiger partial charge in [0.2, 0.25) is 0 Å². The second-order valence-corrected chi connectivity index (χ2v) is 4.31. The Bertz CT molecular complexity index is 374. The summed E-state index contributed by atoms with van der Waals surface area (Å²) in [6, 6.07) is 1.69. The number of aryl methyl sites for hydroxylation is 1. The molecule has 108 valence electrons. The zero-order chi connectivity index (χ0) is 14.1. The molecule has 1 atom stereocenters. The van der Waals surface area contributed by atoms with Crippen LogP contribution in [-0.4, -0.2) is 48.0 Å². The molecule has 3 N–H and O–H groups in total. The van der Waals surface area contributed by atoms with Crippen molar-refractivity contribution in [2.45, 2.75) is 32.7 Å². The first kappa shape index (κ1) is 15.7. The summed E-state index contributed by atoms with van der Waals surface area (Å²) in [4.78, 5) is 8.81. The number of methoxy groups -OCH3 is 1. The summed E-state index contributed by atoms with van der Waals surface area (Å²) in [5, 5.41) is 15.7. The van der Waals surface area contributed by atoms with E-state index in [1.807, 2.05) is 13.0 Å². The van der Waals surface area contributed by atoms with Crippen LogP contribution in [0.4, 0.5) is 11.6 Å². The lowest BCUT2D eigenvalue weighted by molar-refractivity contribution is 0.153. The van der Waals surface area contributed by atoms with Crippen molar-refractivity contribution < 1.29 is 9.84 Å². The largest absolute Gasteiger partial charge is 0.394 e. The molecule has 1 aromatic rings. The molecule has 0 bridgehead atoms. The molecule has 1 unspecified atom stereocenters. The quantitative estimate of drug-likeness (QED) is 0.626. The van der Waals surface area contributed by atoms with Gasteiger partial charge in [-0.1, -0.05) is 13.8 Å². The van der Waals surface area contributed by atoms with Crippen LogP contribution >= 0.6 is 0 Å². The van der Waals surface area contributed by atoms with Gasteiger partial charge in [-0.2, -0.15) is 0 Å². The summed E-state index contributed by atoms with van der Waals surface area (Å²) >= 11 is 0. The van der Waals surface area contributed by atoms with E-state index >= 15 is 0 Å². The predicted octanol–water partition coefficient (Wildman–Crippen LogP) is 1.28. The third kappa shape index (κ3) is 5.40. The van der Waals surface area contributed by atoms with Gasteiger partial charge in [-0.15, -0.1) is 0 Å². The standard InChI is InChI=1S/C13H24N4O2/c1-4-6-14-12-7-13(17-11(5-2)16-12)15-10(8-18)9-19-3/h7,10,18H,4-6,8-9H2,1-3H3,(H2,14,15,16,17). The zero-order valence-electron chi connectivity index (χ0n) is 11.9. The number of nitrogens with zero attached hydrogens (tertiary/aromatic N) is 2. The second kappa shape index (κ2) is 8.66. The minimum absolute atomic E-state index is 0.00295. The van der Waals surface area contributed by atoms with Gasteiger partial charge in [0, 0.05) is 26.1 Å². The molecule has 0 aromatic carbocycles. The molecule has 0 aliphatic carbocycles. The van der Waals surface area contributed by atoms with Crippen molar-refractivity contribution in [1.82, 2.24) is 9.97 Å². The van der Waals surface area contributed by atoms with E-state index in [-0.39, 0.29) is 12.6 Å². The first-order valence-corrected chi connectivity index (χ1v) is 6.71. The van der Waals surface area contributed by atoms with Crippen LogP contribution in [0.25, 0.3) is 0 Å². The molecule has 19 heavy (non-hydrogen) atoms. The van der Waals surface area contributed by atoms with E-state index in [4.69, 9.17) is 4.74 Å². The molecule has 6 nitrogen and oxygen atoms in total. The molecule has 0 saturated carbocycles. The summed E-state index contributed by atoms with van der Waals surface area (Å²) in [6.07, 6.45) is 1.81. The highest BCUT2D eigenvalue weighted by atomic mass is 16.5. The summed E-state index contributed by atoms with van der Waals surface area (Å²) < 4.78 is 5.04. The van der Waals surface area contributed by atoms with Crippen LogP contribution in [0, 0.1) is 0 Å². The second-order valence-electron chi connectivity index (χ2n) is 4.31. The van der Waals surface area contributed by atoms with Crippen molar-refractivity contribution in [3.8, 4) is 0 Å². The Hall–Kier alpha value is -1.40. The van der Waals surface area contributed by atoms with Crippen LogP contribution in [0.15, 0.2) is 6.07 Å². The Kier molecular flexibility index (Phi) is 7.14. The predicted molar refractivity (Wildman–Crippen MR) is 76.6 cm³/mol. The summed E-state index contributed by atoms with van der Waals surface area (Å²) in [5.74, 6) is 2.30. The van der Waals surface area contributed by atoms with E-state index in [9.17, 15) is 5.11 Å². The summed E-state index contributed by atoms with van der Waals surface area (Å²) in [7, 11) is 1.61. The molecule has 1 heterocycles. The SMILES string of the molecule is CCCNc1cc(NC(CO)COC)nc(CC)n1. The first-order chi connectivity index (χ1) is 9.23. The smallest absolute Gasteiger partial charge is 0.132 e. The molecule has 0 aliphatic heterocycles. The normalized spacial score (nSPS) is 12.2. The van der Waals surface area contributed by atoms with E-state index in [0.29, 0.717) is 12.4 Å². The molecule has 6 heteroatoms. The highest BCUT2D eigenvalue weighted by molar-refractivity contribution is 5.48. The lowest BCUT2D eigenvalue weighted by Crippen LogP contribution is -2.29. The minimum Gasteiger partial charge on any atom is -0.394 e. The van der Waals surface area contributed by atoms with E-state index in [2.05, 4.69) is 27.5 Å². The number of aliphatic hydroxyl groups excluding tert-OH is 1. The minimum atomic E-state index is -0.163. The Morgan fingerprint density at radius 2 is 2.05 bits per heavy atom. The molecule has 0 aliphatic rings. The average molecular weight is 268 g/mol. The van der Waals surface area contributed by atoms with Crippen LogP contribution < -0.4 is 10.6 Å². The third-order valence-electron chi connectivity index (χ3n) is 2.59. The van der Waals surface area contributed by atoms with Gasteiger partial charge in [0.25, 0.3) is 0 Å². The van der Waals surface area contributed by atoms with Crippen LogP contribution in [-0.2, 0) is 11.2 Å². The van der Waals surface area contributed by atoms with Crippen molar-refractivity contribution in [3.63, 3.8) is 0 Å². The maximum absolute atomic E-state index is 9.25. The van der Waals surface area contributed by atoms with Crippen LogP contribution in [0.3, 0.4) is 0 Å². The number of aliphatic hydroxyl groups is 1. The van der Waals surface area contributed by atoms with Gasteiger partial charge in [0.15, 0.2) is 0 Å². The molecule has 0 amide bonds. The van der Waals surface area contributed by atoms with Crippen LogP contribution in [0.1, 0.15) is 26.1 Å². The highest BCUT2D eigenvalue weighted by Gasteiger charge is 2.09. The first-order valence-electron chi connectivity index (χ1n) is 6.71. The van der Waals surface area contributed by atoms with Gasteiger partial charge in [-0.25, -0.2) is 9.97 Å². The van der Waals surface area contributed by atoms with Gasteiger partial charge < -0.3 is 20.5 Å². The van der Waals surface area contributed by atoms with Gasteiger partial charge in [0.05, 0.1) is 19.3 Å². The molecule has 0 saturated heterocycles. The zero-order valence-corrected chi connectivity index (χ0v) is 11.9. The average Bonchev–Trinajstić information content (AvgIpc) is 2.44. The fraction of sp³-hybridized carbons (Fsp3) is 0.692. The van der Waals surface area contributed by atoms with Gasteiger partial charge in [-0.05, 0) is 6.42 Å². The molecule has 0 radical (unpaired) electrons. The summed E-state index contributed by atoms with van der Waals surface area (Å²) in [5.41, 5.74) is 0. The van der Waals surface area contributed by atoms with Gasteiger partial charge >= 0.3 is 0 Å². The van der Waals surface area contributed by atoms with Crippen molar-refractivity contribution in [2.24, 2.45) is 0 Å². The number of hydrogen-bond acceptors (Lipinski definition) is 6. The van der Waals surface area contributed by atoms with Crippen molar-refractivity contribution in [2.75, 3.05) is 37.5 Å². The number of rotatable bonds is 9. The number of ether oxygens (including phenoxy) is 1. The van der Waals surface area contributed by atoms with Gasteiger partial charge in [-0.3, -0.25) is 0 Å². The topological polar surface area (TPSA) is 79.3 Å². The number of anilines is 2. The van der Waals surface area contributed by atoms with E-state index < -0.39 is 0 Å². The van der Waals surface area contributed by atoms with Crippen LogP contribution in [0.2, 0.25) is 0 Å². The maximum Gasteiger partial charge on any atom is 0.132 e. The molecular formula is C13H24N4O2. The molecule has 1 aromatic heterocycles. The van der Waals surface area contributed by atoms with Crippen molar-refractivity contribution >= 4 is 11.6 Å².